The molecular weight excluding hydrogens is 414 g/mol. The number of amides is 2. The Hall–Kier alpha value is -3.33. The minimum atomic E-state index is -0.336. The van der Waals surface area contributed by atoms with Gasteiger partial charge >= 0.3 is 0 Å². The lowest BCUT2D eigenvalue weighted by molar-refractivity contribution is -0.113. The first-order valence-electron chi connectivity index (χ1n) is 9.81. The van der Waals surface area contributed by atoms with Crippen LogP contribution in [0.15, 0.2) is 59.8 Å². The third kappa shape index (κ3) is 6.08. The summed E-state index contributed by atoms with van der Waals surface area (Å²) in [4.78, 5) is 29.3. The first-order chi connectivity index (χ1) is 15.0. The number of thioether (sulfide) groups is 1. The molecule has 1 unspecified atom stereocenters. The molecule has 0 radical (unpaired) electrons. The second-order valence-electron chi connectivity index (χ2n) is 7.10. The number of ether oxygens (including phenoxy) is 1. The number of hydrogen-bond acceptors (Lipinski definition) is 6. The van der Waals surface area contributed by atoms with Crippen molar-refractivity contribution in [3.05, 3.63) is 66.0 Å². The molecule has 0 aliphatic heterocycles. The minimum absolute atomic E-state index is 0.0901. The fourth-order valence-electron chi connectivity index (χ4n) is 2.89. The number of aromatic amines is 1. The standard InChI is InChI=1S/C22H25N5O3S/c1-14(2)19(24-21(29)15-9-5-4-6-10-15)20-25-22(27-26-20)31-13-18(28)23-16-11-7-8-12-17(16)30-3/h4-12,14,19H,13H2,1-3H3,(H,23,28)(H,24,29)(H,25,26,27). The molecule has 0 spiro atoms. The lowest BCUT2D eigenvalue weighted by atomic mass is 10.0. The summed E-state index contributed by atoms with van der Waals surface area (Å²) in [7, 11) is 1.55. The molecule has 8 nitrogen and oxygen atoms in total. The number of carbonyl (C=O) groups is 2. The van der Waals surface area contributed by atoms with Crippen LogP contribution in [0.3, 0.4) is 0 Å². The van der Waals surface area contributed by atoms with Crippen molar-refractivity contribution in [2.24, 2.45) is 5.92 Å². The molecule has 1 aromatic heterocycles. The number of benzene rings is 2. The highest BCUT2D eigenvalue weighted by atomic mass is 32.2. The second-order valence-corrected chi connectivity index (χ2v) is 8.04. The van der Waals surface area contributed by atoms with Crippen LogP contribution in [0.25, 0.3) is 0 Å². The maximum Gasteiger partial charge on any atom is 0.251 e. The monoisotopic (exact) mass is 439 g/mol. The van der Waals surface area contributed by atoms with E-state index in [1.165, 1.54) is 11.8 Å². The quantitative estimate of drug-likeness (QED) is 0.439. The fraction of sp³-hybridized carbons (Fsp3) is 0.273. The number of carbonyl (C=O) groups excluding carboxylic acids is 2. The zero-order chi connectivity index (χ0) is 22.2. The number of para-hydroxylation sites is 2. The van der Waals surface area contributed by atoms with E-state index >= 15 is 0 Å². The van der Waals surface area contributed by atoms with Crippen molar-refractivity contribution >= 4 is 29.3 Å². The fourth-order valence-corrected chi connectivity index (χ4v) is 3.50. The Labute approximate surface area is 185 Å². The zero-order valence-electron chi connectivity index (χ0n) is 17.6. The van der Waals surface area contributed by atoms with Gasteiger partial charge in [-0.2, -0.15) is 0 Å². The second kappa shape index (κ2) is 10.6. The summed E-state index contributed by atoms with van der Waals surface area (Å²) in [5.74, 6) is 0.992. The number of rotatable bonds is 9. The van der Waals surface area contributed by atoms with E-state index in [0.717, 1.165) is 0 Å². The molecule has 3 N–H and O–H groups in total. The van der Waals surface area contributed by atoms with Gasteiger partial charge in [-0.15, -0.1) is 5.10 Å². The van der Waals surface area contributed by atoms with Crippen LogP contribution in [0.1, 0.15) is 36.1 Å². The Bertz CT molecular complexity index is 1020. The number of aromatic nitrogens is 3. The Kier molecular flexibility index (Phi) is 7.66. The summed E-state index contributed by atoms with van der Waals surface area (Å²) in [6.45, 7) is 3.98. The molecule has 3 rings (SSSR count). The van der Waals surface area contributed by atoms with Crippen LogP contribution in [-0.4, -0.2) is 39.9 Å². The lowest BCUT2D eigenvalue weighted by Gasteiger charge is -2.19. The molecule has 3 aromatic rings. The third-order valence-corrected chi connectivity index (χ3v) is 5.33. The summed E-state index contributed by atoms with van der Waals surface area (Å²) in [5, 5.41) is 13.3. The van der Waals surface area contributed by atoms with Gasteiger partial charge < -0.3 is 15.4 Å². The molecule has 1 atom stereocenters. The Morgan fingerprint density at radius 2 is 1.81 bits per heavy atom. The zero-order valence-corrected chi connectivity index (χ0v) is 18.4. The van der Waals surface area contributed by atoms with E-state index in [1.54, 1.807) is 31.4 Å². The SMILES string of the molecule is COc1ccccc1NC(=O)CSc1n[nH]c(C(NC(=O)c2ccccc2)C(C)C)n1. The first kappa shape index (κ1) is 22.4. The number of methoxy groups -OCH3 is 1. The molecular formula is C22H25N5O3S. The van der Waals surface area contributed by atoms with Gasteiger partial charge in [0.25, 0.3) is 5.91 Å². The van der Waals surface area contributed by atoms with Crippen LogP contribution in [0.5, 0.6) is 5.75 Å². The van der Waals surface area contributed by atoms with E-state index < -0.39 is 0 Å². The normalized spacial score (nSPS) is 11.7. The summed E-state index contributed by atoms with van der Waals surface area (Å²) < 4.78 is 5.24. The summed E-state index contributed by atoms with van der Waals surface area (Å²) in [6.07, 6.45) is 0. The summed E-state index contributed by atoms with van der Waals surface area (Å²) in [5.41, 5.74) is 1.19. The van der Waals surface area contributed by atoms with E-state index in [0.29, 0.717) is 28.0 Å². The molecule has 2 aromatic carbocycles. The molecule has 2 amide bonds. The highest BCUT2D eigenvalue weighted by Gasteiger charge is 2.23. The van der Waals surface area contributed by atoms with Crippen LogP contribution < -0.4 is 15.4 Å². The number of H-pyrrole nitrogens is 1. The van der Waals surface area contributed by atoms with Gasteiger partial charge in [-0.05, 0) is 30.2 Å². The van der Waals surface area contributed by atoms with Crippen LogP contribution in [0.2, 0.25) is 0 Å². The minimum Gasteiger partial charge on any atom is -0.495 e. The predicted molar refractivity (Wildman–Crippen MR) is 120 cm³/mol. The van der Waals surface area contributed by atoms with E-state index in [9.17, 15) is 9.59 Å². The van der Waals surface area contributed by atoms with Gasteiger partial charge in [0, 0.05) is 5.56 Å². The highest BCUT2D eigenvalue weighted by Crippen LogP contribution is 2.24. The van der Waals surface area contributed by atoms with E-state index in [1.807, 2.05) is 44.2 Å². The van der Waals surface area contributed by atoms with Crippen LogP contribution in [0, 0.1) is 5.92 Å². The van der Waals surface area contributed by atoms with Crippen molar-refractivity contribution < 1.29 is 14.3 Å². The topological polar surface area (TPSA) is 109 Å². The van der Waals surface area contributed by atoms with Crippen LogP contribution in [0.4, 0.5) is 5.69 Å². The molecule has 162 valence electrons. The summed E-state index contributed by atoms with van der Waals surface area (Å²) >= 11 is 1.21. The van der Waals surface area contributed by atoms with Crippen LogP contribution >= 0.6 is 11.8 Å². The Morgan fingerprint density at radius 3 is 2.52 bits per heavy atom. The predicted octanol–water partition coefficient (Wildman–Crippen LogP) is 3.67. The van der Waals surface area contributed by atoms with Gasteiger partial charge in [-0.1, -0.05) is 55.9 Å². The molecule has 9 heteroatoms. The molecule has 0 aliphatic rings. The van der Waals surface area contributed by atoms with Crippen molar-refractivity contribution in [2.75, 3.05) is 18.2 Å². The average Bonchev–Trinajstić information content (AvgIpc) is 3.25. The third-order valence-electron chi connectivity index (χ3n) is 4.48. The number of anilines is 1. The van der Waals surface area contributed by atoms with Gasteiger partial charge in [0.05, 0.1) is 24.6 Å². The van der Waals surface area contributed by atoms with Gasteiger partial charge in [-0.3, -0.25) is 14.7 Å². The molecule has 0 saturated heterocycles. The largest absolute Gasteiger partial charge is 0.495 e. The van der Waals surface area contributed by atoms with Crippen molar-refractivity contribution in [3.8, 4) is 5.75 Å². The number of nitrogens with zero attached hydrogens (tertiary/aromatic N) is 2. The van der Waals surface area contributed by atoms with E-state index in [4.69, 9.17) is 4.74 Å². The van der Waals surface area contributed by atoms with Crippen molar-refractivity contribution in [3.63, 3.8) is 0 Å². The molecule has 0 aliphatic carbocycles. The molecule has 0 fully saturated rings. The average molecular weight is 440 g/mol. The first-order valence-corrected chi connectivity index (χ1v) is 10.8. The molecule has 31 heavy (non-hydrogen) atoms. The molecule has 1 heterocycles. The number of nitrogens with one attached hydrogen (secondary N) is 3. The Balaban J connectivity index is 1.60. The van der Waals surface area contributed by atoms with Gasteiger partial charge in [0.2, 0.25) is 11.1 Å². The van der Waals surface area contributed by atoms with E-state index in [2.05, 4.69) is 25.8 Å². The lowest BCUT2D eigenvalue weighted by Crippen LogP contribution is -2.32. The van der Waals surface area contributed by atoms with Gasteiger partial charge in [-0.25, -0.2) is 4.98 Å². The van der Waals surface area contributed by atoms with Crippen molar-refractivity contribution in [1.29, 1.82) is 0 Å². The van der Waals surface area contributed by atoms with Crippen molar-refractivity contribution in [2.45, 2.75) is 25.0 Å². The highest BCUT2D eigenvalue weighted by molar-refractivity contribution is 7.99. The van der Waals surface area contributed by atoms with Gasteiger partial charge in [0.15, 0.2) is 0 Å². The maximum absolute atomic E-state index is 12.5. The van der Waals surface area contributed by atoms with Crippen LogP contribution in [-0.2, 0) is 4.79 Å². The maximum atomic E-state index is 12.5. The van der Waals surface area contributed by atoms with Gasteiger partial charge in [0.1, 0.15) is 11.6 Å². The summed E-state index contributed by atoms with van der Waals surface area (Å²) in [6, 6.07) is 15.9. The Morgan fingerprint density at radius 1 is 1.10 bits per heavy atom. The molecule has 0 bridgehead atoms. The smallest absolute Gasteiger partial charge is 0.251 e. The number of hydrogen-bond donors (Lipinski definition) is 3. The molecule has 0 saturated carbocycles. The van der Waals surface area contributed by atoms with E-state index in [-0.39, 0.29) is 29.5 Å². The van der Waals surface area contributed by atoms with Crippen molar-refractivity contribution in [1.82, 2.24) is 20.5 Å².